The molecule has 0 heterocycles. The lowest BCUT2D eigenvalue weighted by Crippen LogP contribution is -2.42. The normalized spacial score (nSPS) is 17.4. The van der Waals surface area contributed by atoms with Gasteiger partial charge in [-0.1, -0.05) is 0 Å². The Hall–Kier alpha value is -0.380. The molecule has 0 saturated heterocycles. The molecule has 102 valence electrons. The van der Waals surface area contributed by atoms with Crippen LogP contribution < -0.4 is 14.8 Å². The van der Waals surface area contributed by atoms with Crippen LogP contribution in [0.25, 0.3) is 0 Å². The SMILES string of the molecule is O=S(=O)(NCCCNC1CC1)NCC(F)(F)F. The molecule has 0 aromatic heterocycles. The van der Waals surface area contributed by atoms with Crippen LogP contribution in [0.4, 0.5) is 13.2 Å². The summed E-state index contributed by atoms with van der Waals surface area (Å²) in [5.41, 5.74) is 0. The van der Waals surface area contributed by atoms with E-state index in [0.717, 1.165) is 12.8 Å². The monoisotopic (exact) mass is 275 g/mol. The Balaban J connectivity index is 2.06. The molecule has 0 aromatic carbocycles. The lowest BCUT2D eigenvalue weighted by atomic mass is 10.4. The Morgan fingerprint density at radius 1 is 1.12 bits per heavy atom. The molecule has 0 bridgehead atoms. The smallest absolute Gasteiger partial charge is 0.314 e. The average molecular weight is 275 g/mol. The fourth-order valence-corrected chi connectivity index (χ4v) is 1.99. The molecule has 3 N–H and O–H groups in total. The number of halogens is 3. The van der Waals surface area contributed by atoms with Crippen LogP contribution in [-0.4, -0.2) is 40.3 Å². The third kappa shape index (κ3) is 8.36. The molecule has 0 unspecified atom stereocenters. The van der Waals surface area contributed by atoms with E-state index >= 15 is 0 Å². The molecule has 0 aromatic rings. The van der Waals surface area contributed by atoms with E-state index in [0.29, 0.717) is 19.0 Å². The van der Waals surface area contributed by atoms with Gasteiger partial charge in [0.05, 0.1) is 0 Å². The topological polar surface area (TPSA) is 70.2 Å². The highest BCUT2D eigenvalue weighted by Gasteiger charge is 2.29. The number of nitrogens with one attached hydrogen (secondary N) is 3. The lowest BCUT2D eigenvalue weighted by molar-refractivity contribution is -0.121. The van der Waals surface area contributed by atoms with Crippen molar-refractivity contribution in [2.24, 2.45) is 0 Å². The first kappa shape index (κ1) is 14.7. The van der Waals surface area contributed by atoms with Gasteiger partial charge in [0.25, 0.3) is 10.2 Å². The van der Waals surface area contributed by atoms with Crippen LogP contribution >= 0.6 is 0 Å². The fraction of sp³-hybridized carbons (Fsp3) is 1.00. The minimum Gasteiger partial charge on any atom is -0.314 e. The van der Waals surface area contributed by atoms with Gasteiger partial charge < -0.3 is 5.32 Å². The van der Waals surface area contributed by atoms with Crippen molar-refractivity contribution in [3.05, 3.63) is 0 Å². The quantitative estimate of drug-likeness (QED) is 0.551. The minimum atomic E-state index is -4.54. The van der Waals surface area contributed by atoms with Gasteiger partial charge in [-0.2, -0.15) is 26.3 Å². The molecule has 5 nitrogen and oxygen atoms in total. The van der Waals surface area contributed by atoms with E-state index in [1.807, 2.05) is 4.72 Å². The van der Waals surface area contributed by atoms with E-state index in [4.69, 9.17) is 0 Å². The second-order valence-electron chi connectivity index (χ2n) is 3.92. The molecule has 17 heavy (non-hydrogen) atoms. The fourth-order valence-electron chi connectivity index (χ4n) is 1.12. The summed E-state index contributed by atoms with van der Waals surface area (Å²) in [6.07, 6.45) is -1.72. The molecule has 1 aliphatic rings. The summed E-state index contributed by atoms with van der Waals surface area (Å²) in [5.74, 6) is 0. The van der Waals surface area contributed by atoms with Gasteiger partial charge in [0.15, 0.2) is 0 Å². The molecule has 0 spiro atoms. The third-order valence-electron chi connectivity index (χ3n) is 2.12. The highest BCUT2D eigenvalue weighted by Crippen LogP contribution is 2.18. The molecule has 1 fully saturated rings. The third-order valence-corrected chi connectivity index (χ3v) is 3.23. The van der Waals surface area contributed by atoms with E-state index in [1.54, 1.807) is 0 Å². The van der Waals surface area contributed by atoms with Gasteiger partial charge in [0.1, 0.15) is 6.54 Å². The Kier molecular flexibility index (Phi) is 5.17. The molecular formula is C8H16F3N3O2S. The van der Waals surface area contributed by atoms with Crippen molar-refractivity contribution in [3.8, 4) is 0 Å². The van der Waals surface area contributed by atoms with E-state index in [2.05, 4.69) is 5.32 Å². The van der Waals surface area contributed by atoms with Gasteiger partial charge in [-0.25, -0.2) is 4.72 Å². The van der Waals surface area contributed by atoms with E-state index < -0.39 is 22.9 Å². The van der Waals surface area contributed by atoms with Gasteiger partial charge in [-0.05, 0) is 25.8 Å². The Morgan fingerprint density at radius 2 is 1.76 bits per heavy atom. The first-order valence-corrected chi connectivity index (χ1v) is 6.81. The first-order chi connectivity index (χ1) is 7.79. The maximum Gasteiger partial charge on any atom is 0.402 e. The van der Waals surface area contributed by atoms with Crippen LogP contribution in [0.1, 0.15) is 19.3 Å². The summed E-state index contributed by atoms with van der Waals surface area (Å²) in [5, 5.41) is 3.16. The predicted octanol–water partition coefficient (Wildman–Crippen LogP) is 0.115. The van der Waals surface area contributed by atoms with Crippen LogP contribution in [0.3, 0.4) is 0 Å². The summed E-state index contributed by atoms with van der Waals surface area (Å²) in [6.45, 7) is -0.776. The summed E-state index contributed by atoms with van der Waals surface area (Å²) >= 11 is 0. The highest BCUT2D eigenvalue weighted by atomic mass is 32.2. The number of rotatable bonds is 8. The Labute approximate surface area is 98.3 Å². The molecular weight excluding hydrogens is 259 g/mol. The van der Waals surface area contributed by atoms with Crippen molar-refractivity contribution in [1.29, 1.82) is 0 Å². The summed E-state index contributed by atoms with van der Waals surface area (Å²) in [7, 11) is -4.05. The predicted molar refractivity (Wildman–Crippen MR) is 56.6 cm³/mol. The molecule has 1 rings (SSSR count). The highest BCUT2D eigenvalue weighted by molar-refractivity contribution is 7.87. The second-order valence-corrected chi connectivity index (χ2v) is 5.50. The van der Waals surface area contributed by atoms with Crippen molar-refractivity contribution in [2.75, 3.05) is 19.6 Å². The van der Waals surface area contributed by atoms with Crippen molar-refractivity contribution < 1.29 is 21.6 Å². The zero-order valence-corrected chi connectivity index (χ0v) is 10.00. The minimum absolute atomic E-state index is 0.118. The van der Waals surface area contributed by atoms with E-state index in [1.165, 1.54) is 4.72 Å². The number of alkyl halides is 3. The van der Waals surface area contributed by atoms with Gasteiger partial charge in [0.2, 0.25) is 0 Å². The van der Waals surface area contributed by atoms with Crippen molar-refractivity contribution in [1.82, 2.24) is 14.8 Å². The summed E-state index contributed by atoms with van der Waals surface area (Å²) in [6, 6.07) is 0.537. The van der Waals surface area contributed by atoms with Crippen molar-refractivity contribution in [2.45, 2.75) is 31.5 Å². The van der Waals surface area contributed by atoms with Gasteiger partial charge in [-0.3, -0.25) is 0 Å². The van der Waals surface area contributed by atoms with E-state index in [9.17, 15) is 21.6 Å². The molecule has 0 radical (unpaired) electrons. The zero-order chi connectivity index (χ0) is 12.9. The largest absolute Gasteiger partial charge is 0.402 e. The van der Waals surface area contributed by atoms with Gasteiger partial charge >= 0.3 is 6.18 Å². The van der Waals surface area contributed by atoms with Crippen LogP contribution in [0.15, 0.2) is 0 Å². The van der Waals surface area contributed by atoms with Crippen LogP contribution in [0.5, 0.6) is 0 Å². The number of hydrogen-bond donors (Lipinski definition) is 3. The Bertz CT molecular complexity index is 327. The van der Waals surface area contributed by atoms with Gasteiger partial charge in [0, 0.05) is 12.6 Å². The summed E-state index contributed by atoms with van der Waals surface area (Å²) < 4.78 is 60.8. The Morgan fingerprint density at radius 3 is 2.29 bits per heavy atom. The maximum absolute atomic E-state index is 11.8. The maximum atomic E-state index is 11.8. The van der Waals surface area contributed by atoms with Crippen LogP contribution in [-0.2, 0) is 10.2 Å². The standard InChI is InChI=1S/C8H16F3N3O2S/c9-8(10,11)6-14-17(15,16)13-5-1-4-12-7-2-3-7/h7,12-14H,1-6H2. The molecule has 1 saturated carbocycles. The van der Waals surface area contributed by atoms with Crippen molar-refractivity contribution in [3.63, 3.8) is 0 Å². The van der Waals surface area contributed by atoms with E-state index in [-0.39, 0.29) is 6.54 Å². The second kappa shape index (κ2) is 5.98. The molecule has 9 heteroatoms. The molecule has 1 aliphatic carbocycles. The molecule has 0 amide bonds. The van der Waals surface area contributed by atoms with Crippen molar-refractivity contribution >= 4 is 10.2 Å². The first-order valence-electron chi connectivity index (χ1n) is 5.33. The average Bonchev–Trinajstić information content (AvgIpc) is 2.97. The molecule has 0 atom stereocenters. The molecule has 0 aliphatic heterocycles. The number of hydrogen-bond acceptors (Lipinski definition) is 3. The van der Waals surface area contributed by atoms with Crippen LogP contribution in [0, 0.1) is 0 Å². The van der Waals surface area contributed by atoms with Gasteiger partial charge in [-0.15, -0.1) is 0 Å². The zero-order valence-electron chi connectivity index (χ0n) is 9.18. The van der Waals surface area contributed by atoms with Crippen LogP contribution in [0.2, 0.25) is 0 Å². The summed E-state index contributed by atoms with van der Waals surface area (Å²) in [4.78, 5) is 0. The lowest BCUT2D eigenvalue weighted by Gasteiger charge is -2.10.